The van der Waals surface area contributed by atoms with Gasteiger partial charge in [0.15, 0.2) is 5.75 Å². The molecule has 0 unspecified atom stereocenters. The lowest BCUT2D eigenvalue weighted by molar-refractivity contribution is -0.384. The lowest BCUT2D eigenvalue weighted by Crippen LogP contribution is -2.18. The molecule has 0 aliphatic rings. The van der Waals surface area contributed by atoms with Gasteiger partial charge in [-0.25, -0.2) is 0 Å². The van der Waals surface area contributed by atoms with Gasteiger partial charge in [-0.15, -0.1) is 0 Å². The minimum absolute atomic E-state index is 0.0773. The zero-order valence-corrected chi connectivity index (χ0v) is 14.1. The minimum atomic E-state index is -0.514. The van der Waals surface area contributed by atoms with Crippen molar-refractivity contribution >= 4 is 16.6 Å². The molecule has 0 spiro atoms. The summed E-state index contributed by atoms with van der Waals surface area (Å²) in [5.74, 6) is 0.364. The summed E-state index contributed by atoms with van der Waals surface area (Å²) in [7, 11) is 0. The summed E-state index contributed by atoms with van der Waals surface area (Å²) in [5.41, 5.74) is 0.818. The second-order valence-electron chi connectivity index (χ2n) is 5.86. The van der Waals surface area contributed by atoms with Gasteiger partial charge in [-0.2, -0.15) is 0 Å². The molecule has 1 heterocycles. The Morgan fingerprint density at radius 1 is 1.33 bits per heavy atom. The van der Waals surface area contributed by atoms with Crippen LogP contribution in [-0.4, -0.2) is 22.6 Å². The minimum Gasteiger partial charge on any atom is -0.485 e. The van der Waals surface area contributed by atoms with Crippen molar-refractivity contribution in [3.05, 3.63) is 50.3 Å². The number of benzene rings is 1. The maximum Gasteiger partial charge on any atom is 0.294 e. The highest BCUT2D eigenvalue weighted by molar-refractivity contribution is 5.88. The molecule has 1 aromatic heterocycles. The number of H-pyrrole nitrogens is 1. The van der Waals surface area contributed by atoms with E-state index in [2.05, 4.69) is 4.98 Å². The Bertz CT molecular complexity index is 848. The Morgan fingerprint density at radius 3 is 2.62 bits per heavy atom. The number of nitro benzene ring substituents is 1. The van der Waals surface area contributed by atoms with Crippen LogP contribution in [0.2, 0.25) is 0 Å². The van der Waals surface area contributed by atoms with Crippen molar-refractivity contribution in [3.63, 3.8) is 0 Å². The lowest BCUT2D eigenvalue weighted by atomic mass is 10.1. The summed E-state index contributed by atoms with van der Waals surface area (Å²) >= 11 is 0. The molecule has 1 aromatic carbocycles. The van der Waals surface area contributed by atoms with Crippen LogP contribution in [0.4, 0.5) is 5.69 Å². The van der Waals surface area contributed by atoms with Crippen LogP contribution in [0.25, 0.3) is 10.9 Å². The average molecular weight is 332 g/mol. The standard InChI is InChI=1S/C17H20N2O5/c1-10(2)7-8-23-15-13-6-5-12(19(21)22)9-14(13)18-17(20)16(15)24-11(3)4/h5-7,9,11H,8H2,1-4H3,(H,18,20). The molecular formula is C17H20N2O5. The third kappa shape index (κ3) is 3.92. The molecule has 2 aromatic rings. The van der Waals surface area contributed by atoms with Crippen LogP contribution >= 0.6 is 0 Å². The number of nitrogens with zero attached hydrogens (tertiary/aromatic N) is 1. The van der Waals surface area contributed by atoms with Crippen LogP contribution < -0.4 is 15.0 Å². The fourth-order valence-electron chi connectivity index (χ4n) is 2.13. The van der Waals surface area contributed by atoms with E-state index in [4.69, 9.17) is 9.47 Å². The molecule has 0 atom stereocenters. The molecule has 1 N–H and O–H groups in total. The predicted octanol–water partition coefficient (Wildman–Crippen LogP) is 3.57. The van der Waals surface area contributed by atoms with Gasteiger partial charge < -0.3 is 14.5 Å². The lowest BCUT2D eigenvalue weighted by Gasteiger charge is -2.15. The maximum absolute atomic E-state index is 12.3. The number of ether oxygens (including phenoxy) is 2. The van der Waals surface area contributed by atoms with Crippen molar-refractivity contribution in [2.24, 2.45) is 0 Å². The zero-order valence-electron chi connectivity index (χ0n) is 14.1. The highest BCUT2D eigenvalue weighted by Gasteiger charge is 2.18. The summed E-state index contributed by atoms with van der Waals surface area (Å²) in [6.07, 6.45) is 1.66. The molecule has 0 saturated carbocycles. The molecule has 0 bridgehead atoms. The number of nitro groups is 1. The Balaban J connectivity index is 2.63. The van der Waals surface area contributed by atoms with Gasteiger partial charge in [0.25, 0.3) is 11.2 Å². The first-order valence-electron chi connectivity index (χ1n) is 7.57. The molecule has 0 fully saturated rings. The average Bonchev–Trinajstić information content (AvgIpc) is 2.48. The van der Waals surface area contributed by atoms with E-state index in [-0.39, 0.29) is 29.9 Å². The number of aromatic amines is 1. The molecule has 24 heavy (non-hydrogen) atoms. The fraction of sp³-hybridized carbons (Fsp3) is 0.353. The third-order valence-electron chi connectivity index (χ3n) is 3.19. The van der Waals surface area contributed by atoms with Crippen LogP contribution in [0.5, 0.6) is 11.5 Å². The van der Waals surface area contributed by atoms with Gasteiger partial charge in [-0.1, -0.05) is 5.57 Å². The number of nitrogens with one attached hydrogen (secondary N) is 1. The largest absolute Gasteiger partial charge is 0.485 e. The monoisotopic (exact) mass is 332 g/mol. The normalized spacial score (nSPS) is 10.7. The second kappa shape index (κ2) is 7.16. The van der Waals surface area contributed by atoms with Crippen molar-refractivity contribution in [2.75, 3.05) is 6.61 Å². The highest BCUT2D eigenvalue weighted by atomic mass is 16.6. The third-order valence-corrected chi connectivity index (χ3v) is 3.19. The van der Waals surface area contributed by atoms with Gasteiger partial charge in [0.2, 0.25) is 5.75 Å². The van der Waals surface area contributed by atoms with Gasteiger partial charge in [0.1, 0.15) is 6.61 Å². The molecule has 0 aliphatic carbocycles. The Morgan fingerprint density at radius 2 is 2.04 bits per heavy atom. The molecule has 7 nitrogen and oxygen atoms in total. The SMILES string of the molecule is CC(C)=CCOc1c(OC(C)C)c(=O)[nH]c2cc([N+](=O)[O-])ccc12. The van der Waals surface area contributed by atoms with Gasteiger partial charge in [0, 0.05) is 17.5 Å². The molecule has 0 radical (unpaired) electrons. The molecule has 0 saturated heterocycles. The van der Waals surface area contributed by atoms with Crippen molar-refractivity contribution in [1.29, 1.82) is 0 Å². The molecule has 128 valence electrons. The van der Waals surface area contributed by atoms with E-state index in [1.807, 2.05) is 19.9 Å². The van der Waals surface area contributed by atoms with Crippen molar-refractivity contribution in [1.82, 2.24) is 4.98 Å². The van der Waals surface area contributed by atoms with Gasteiger partial charge in [-0.05, 0) is 39.8 Å². The molecule has 0 amide bonds. The smallest absolute Gasteiger partial charge is 0.294 e. The summed E-state index contributed by atoms with van der Waals surface area (Å²) in [4.78, 5) is 25.3. The van der Waals surface area contributed by atoms with Gasteiger partial charge >= 0.3 is 0 Å². The van der Waals surface area contributed by atoms with E-state index in [1.54, 1.807) is 19.9 Å². The second-order valence-corrected chi connectivity index (χ2v) is 5.86. The van der Waals surface area contributed by atoms with Crippen molar-refractivity contribution in [2.45, 2.75) is 33.8 Å². The van der Waals surface area contributed by atoms with Crippen LogP contribution in [0.1, 0.15) is 27.7 Å². The van der Waals surface area contributed by atoms with Gasteiger partial charge in [-0.3, -0.25) is 14.9 Å². The molecule has 2 rings (SSSR count). The van der Waals surface area contributed by atoms with Crippen molar-refractivity contribution < 1.29 is 14.4 Å². The summed E-state index contributed by atoms with van der Waals surface area (Å²) < 4.78 is 11.3. The maximum atomic E-state index is 12.3. The zero-order chi connectivity index (χ0) is 17.9. The summed E-state index contributed by atoms with van der Waals surface area (Å²) in [6.45, 7) is 7.76. The Kier molecular flexibility index (Phi) is 5.23. The first-order chi connectivity index (χ1) is 11.3. The first kappa shape index (κ1) is 17.5. The number of aromatic nitrogens is 1. The fourth-order valence-corrected chi connectivity index (χ4v) is 2.13. The quantitative estimate of drug-likeness (QED) is 0.496. The highest BCUT2D eigenvalue weighted by Crippen LogP contribution is 2.33. The first-order valence-corrected chi connectivity index (χ1v) is 7.57. The number of non-ortho nitro benzene ring substituents is 1. The number of rotatable bonds is 6. The van der Waals surface area contributed by atoms with Gasteiger partial charge in [0.05, 0.1) is 16.5 Å². The van der Waals surface area contributed by atoms with Crippen molar-refractivity contribution in [3.8, 4) is 11.5 Å². The van der Waals surface area contributed by atoms with Crippen LogP contribution in [0, 0.1) is 10.1 Å². The summed E-state index contributed by atoms with van der Waals surface area (Å²) in [5, 5.41) is 11.5. The van der Waals surface area contributed by atoms with E-state index in [0.717, 1.165) is 5.57 Å². The van der Waals surface area contributed by atoms with Crippen LogP contribution in [0.15, 0.2) is 34.6 Å². The molecule has 0 aliphatic heterocycles. The molecular weight excluding hydrogens is 312 g/mol. The van der Waals surface area contributed by atoms with E-state index in [1.165, 1.54) is 12.1 Å². The number of fused-ring (bicyclic) bond motifs is 1. The predicted molar refractivity (Wildman–Crippen MR) is 91.9 cm³/mol. The topological polar surface area (TPSA) is 94.5 Å². The van der Waals surface area contributed by atoms with E-state index in [0.29, 0.717) is 10.9 Å². The van der Waals surface area contributed by atoms with E-state index in [9.17, 15) is 14.9 Å². The number of pyridine rings is 1. The number of allylic oxidation sites excluding steroid dienone is 1. The van der Waals surface area contributed by atoms with E-state index < -0.39 is 10.5 Å². The number of hydrogen-bond donors (Lipinski definition) is 1. The molecule has 7 heteroatoms. The summed E-state index contributed by atoms with van der Waals surface area (Å²) in [6, 6.07) is 4.23. The Hall–Kier alpha value is -2.83. The van der Waals surface area contributed by atoms with Crippen LogP contribution in [-0.2, 0) is 0 Å². The Labute approximate surface area is 139 Å². The number of hydrogen-bond acceptors (Lipinski definition) is 5. The van der Waals surface area contributed by atoms with E-state index >= 15 is 0 Å². The van der Waals surface area contributed by atoms with Crippen LogP contribution in [0.3, 0.4) is 0 Å².